The van der Waals surface area contributed by atoms with E-state index in [9.17, 15) is 5.48 Å². The minimum atomic E-state index is -0.556. The standard InChI is InChI=1S/C45H24N4O2S/c1-5-15-34-26(10-1)32-23-33-29-12-4-8-19-40(29)52-41(33)24-35(32)49(34)45-47-43(25-20-21-28-27-11-2-6-16-36(27)51-39(28)22-25)46-44(48-45)31-14-9-18-38-42(31)30-13-3-7-17-37(30)50-38/h1-24H/i1D,4D,5D,8D,10D,12D,15D,19D,23D,24D. The molecule has 0 radical (unpaired) electrons. The molecule has 0 aliphatic rings. The molecule has 0 aliphatic carbocycles. The van der Waals surface area contributed by atoms with Crippen LogP contribution in [0.2, 0.25) is 0 Å². The lowest BCUT2D eigenvalue weighted by atomic mass is 10.1. The van der Waals surface area contributed by atoms with Crippen LogP contribution in [-0.2, 0) is 0 Å². The van der Waals surface area contributed by atoms with Gasteiger partial charge in [-0.25, -0.2) is 4.98 Å². The van der Waals surface area contributed by atoms with Gasteiger partial charge in [-0.15, -0.1) is 11.3 Å². The van der Waals surface area contributed by atoms with Gasteiger partial charge >= 0.3 is 0 Å². The molecule has 242 valence electrons. The molecule has 0 bridgehead atoms. The summed E-state index contributed by atoms with van der Waals surface area (Å²) in [7, 11) is 0. The normalized spacial score (nSPS) is 14.9. The van der Waals surface area contributed by atoms with E-state index in [1.54, 1.807) is 0 Å². The second-order valence-corrected chi connectivity index (χ2v) is 13.4. The number of aromatic nitrogens is 4. The highest BCUT2D eigenvalue weighted by atomic mass is 32.1. The number of fused-ring (bicyclic) bond motifs is 12. The first-order chi connectivity index (χ1) is 29.9. The zero-order valence-corrected chi connectivity index (χ0v) is 27.4. The van der Waals surface area contributed by atoms with Crippen molar-refractivity contribution in [2.75, 3.05) is 0 Å². The third-order valence-corrected chi connectivity index (χ3v) is 10.5. The van der Waals surface area contributed by atoms with Crippen molar-refractivity contribution < 1.29 is 22.5 Å². The van der Waals surface area contributed by atoms with Gasteiger partial charge in [0.15, 0.2) is 11.6 Å². The number of furan rings is 2. The number of hydrogen-bond acceptors (Lipinski definition) is 6. The molecule has 0 amide bonds. The van der Waals surface area contributed by atoms with Gasteiger partial charge in [0, 0.05) is 63.6 Å². The van der Waals surface area contributed by atoms with Gasteiger partial charge in [-0.2, -0.15) is 9.97 Å². The zero-order valence-electron chi connectivity index (χ0n) is 36.6. The maximum Gasteiger partial charge on any atom is 0.238 e. The Labute approximate surface area is 312 Å². The lowest BCUT2D eigenvalue weighted by molar-refractivity contribution is 0.668. The zero-order chi connectivity index (χ0) is 42.6. The Morgan fingerprint density at radius 1 is 0.519 bits per heavy atom. The van der Waals surface area contributed by atoms with E-state index in [2.05, 4.69) is 0 Å². The number of rotatable bonds is 3. The topological polar surface area (TPSA) is 69.9 Å². The lowest BCUT2D eigenvalue weighted by Crippen LogP contribution is -2.06. The van der Waals surface area contributed by atoms with Crippen molar-refractivity contribution in [3.05, 3.63) is 145 Å². The molecule has 0 atom stereocenters. The number of hydrogen-bond donors (Lipinski definition) is 0. The molecule has 5 heterocycles. The van der Waals surface area contributed by atoms with E-state index in [-0.39, 0.29) is 83.7 Å². The average Bonchev–Trinajstić information content (AvgIpc) is 4.07. The van der Waals surface area contributed by atoms with E-state index in [4.69, 9.17) is 32.0 Å². The fourth-order valence-corrected chi connectivity index (χ4v) is 8.20. The minimum absolute atomic E-state index is 0.00545. The first kappa shape index (κ1) is 20.1. The first-order valence-electron chi connectivity index (χ1n) is 21.4. The molecule has 0 aliphatic heterocycles. The predicted octanol–water partition coefficient (Wildman–Crippen LogP) is 12.5. The van der Waals surface area contributed by atoms with Gasteiger partial charge in [-0.1, -0.05) is 90.9 Å². The van der Waals surface area contributed by atoms with E-state index in [0.29, 0.717) is 33.5 Å². The van der Waals surface area contributed by atoms with Crippen molar-refractivity contribution in [1.29, 1.82) is 0 Å². The summed E-state index contributed by atoms with van der Waals surface area (Å²) in [4.78, 5) is 15.1. The van der Waals surface area contributed by atoms with Gasteiger partial charge in [0.2, 0.25) is 5.95 Å². The van der Waals surface area contributed by atoms with Crippen LogP contribution in [0.25, 0.3) is 115 Å². The highest BCUT2D eigenvalue weighted by molar-refractivity contribution is 7.25. The van der Waals surface area contributed by atoms with Crippen LogP contribution in [0.1, 0.15) is 13.7 Å². The quantitative estimate of drug-likeness (QED) is 0.184. The second kappa shape index (κ2) is 10.4. The second-order valence-electron chi connectivity index (χ2n) is 12.4. The SMILES string of the molecule is [2H]c1c([2H])c([2H])c2c(sc3c([2H])c4c(c([2H])c32)c2c([2H])c([2H])c([2H])c([2H])c2n4-c2nc(-c3ccc4c(c3)oc3ccccc34)nc(-c3cccc4oc5ccccc5c34)n2)c1[2H]. The summed E-state index contributed by atoms with van der Waals surface area (Å²) in [6.07, 6.45) is 0. The summed E-state index contributed by atoms with van der Waals surface area (Å²) in [5, 5.41) is 3.39. The van der Waals surface area contributed by atoms with Crippen LogP contribution in [0.15, 0.2) is 154 Å². The van der Waals surface area contributed by atoms with Crippen LogP contribution in [0.3, 0.4) is 0 Å². The first-order valence-corrected chi connectivity index (χ1v) is 17.2. The van der Waals surface area contributed by atoms with Crippen LogP contribution in [0.5, 0.6) is 0 Å². The van der Waals surface area contributed by atoms with Crippen LogP contribution in [0, 0.1) is 0 Å². The molecule has 7 aromatic carbocycles. The predicted molar refractivity (Wildman–Crippen MR) is 212 cm³/mol. The third-order valence-electron chi connectivity index (χ3n) is 9.52. The summed E-state index contributed by atoms with van der Waals surface area (Å²) < 4.78 is 104. The average molecular weight is 695 g/mol. The Hall–Kier alpha value is -6.83. The van der Waals surface area contributed by atoms with Gasteiger partial charge in [0.1, 0.15) is 22.3 Å². The van der Waals surface area contributed by atoms with Crippen molar-refractivity contribution in [1.82, 2.24) is 19.5 Å². The number of benzene rings is 7. The lowest BCUT2D eigenvalue weighted by Gasteiger charge is -2.11. The van der Waals surface area contributed by atoms with Gasteiger partial charge < -0.3 is 8.83 Å². The fourth-order valence-electron chi connectivity index (χ4n) is 7.24. The molecular weight excluding hydrogens is 661 g/mol. The maximum atomic E-state index is 9.81. The fraction of sp³-hybridized carbons (Fsp3) is 0. The smallest absolute Gasteiger partial charge is 0.238 e. The maximum absolute atomic E-state index is 9.81. The van der Waals surface area contributed by atoms with Crippen LogP contribution in [0.4, 0.5) is 0 Å². The Balaban J connectivity index is 1.26. The Morgan fingerprint density at radius 3 is 2.17 bits per heavy atom. The van der Waals surface area contributed by atoms with Crippen LogP contribution >= 0.6 is 11.3 Å². The van der Waals surface area contributed by atoms with Gasteiger partial charge in [-0.05, 0) is 54.5 Å². The number of thiophene rings is 1. The molecule has 5 aromatic heterocycles. The van der Waals surface area contributed by atoms with Crippen LogP contribution in [-0.4, -0.2) is 19.5 Å². The molecular formula is C45H24N4O2S. The largest absolute Gasteiger partial charge is 0.456 e. The van der Waals surface area contributed by atoms with Gasteiger partial charge in [0.05, 0.1) is 24.7 Å². The van der Waals surface area contributed by atoms with Crippen molar-refractivity contribution in [2.45, 2.75) is 0 Å². The molecule has 12 aromatic rings. The van der Waals surface area contributed by atoms with E-state index in [0.717, 1.165) is 32.9 Å². The molecule has 0 spiro atoms. The number of nitrogens with zero attached hydrogens (tertiary/aromatic N) is 4. The molecule has 0 saturated heterocycles. The summed E-state index contributed by atoms with van der Waals surface area (Å²) >= 11 is 0.942. The van der Waals surface area contributed by atoms with Crippen LogP contribution < -0.4 is 0 Å². The summed E-state index contributed by atoms with van der Waals surface area (Å²) in [6, 6.07) is 22.2. The van der Waals surface area contributed by atoms with Gasteiger partial charge in [-0.3, -0.25) is 4.57 Å². The van der Waals surface area contributed by atoms with Crippen molar-refractivity contribution in [3.8, 4) is 28.7 Å². The monoisotopic (exact) mass is 694 g/mol. The molecule has 0 unspecified atom stereocenters. The Kier molecular flexibility index (Phi) is 4.01. The van der Waals surface area contributed by atoms with E-state index < -0.39 is 36.3 Å². The van der Waals surface area contributed by atoms with Crippen molar-refractivity contribution in [2.24, 2.45) is 0 Å². The molecule has 0 fully saturated rings. The van der Waals surface area contributed by atoms with E-state index in [1.807, 2.05) is 84.9 Å². The molecule has 0 saturated carbocycles. The van der Waals surface area contributed by atoms with Crippen molar-refractivity contribution in [3.63, 3.8) is 0 Å². The highest BCUT2D eigenvalue weighted by Gasteiger charge is 2.22. The minimum Gasteiger partial charge on any atom is -0.456 e. The summed E-state index contributed by atoms with van der Waals surface area (Å²) in [6.45, 7) is 0. The van der Waals surface area contributed by atoms with Gasteiger partial charge in [0.25, 0.3) is 0 Å². The Bertz CT molecular complexity index is 4020. The Morgan fingerprint density at radius 2 is 1.25 bits per heavy atom. The van der Waals surface area contributed by atoms with E-state index >= 15 is 0 Å². The molecule has 6 nitrogen and oxygen atoms in total. The highest BCUT2D eigenvalue weighted by Crippen LogP contribution is 2.41. The molecule has 12 rings (SSSR count). The summed E-state index contributed by atoms with van der Waals surface area (Å²) in [5.74, 6) is 0.256. The molecule has 7 heteroatoms. The molecule has 0 N–H and O–H groups in total. The number of para-hydroxylation sites is 3. The van der Waals surface area contributed by atoms with Crippen molar-refractivity contribution >= 4 is 97.2 Å². The third kappa shape index (κ3) is 3.91. The summed E-state index contributed by atoms with van der Waals surface area (Å²) in [5.41, 5.74) is 3.53. The van der Waals surface area contributed by atoms with E-state index in [1.165, 1.54) is 4.57 Å². The molecule has 52 heavy (non-hydrogen) atoms.